The average Bonchev–Trinajstić information content (AvgIpc) is 3.51. The zero-order chi connectivity index (χ0) is 32.8. The van der Waals surface area contributed by atoms with Gasteiger partial charge >= 0.3 is 12.1 Å². The molecule has 4 rings (SSSR count). The fraction of sp³-hybridized carbons (Fsp3) is 0.385. The summed E-state index contributed by atoms with van der Waals surface area (Å²) in [6.45, 7) is 0. The number of nitrogens with zero attached hydrogens (tertiary/aromatic N) is 4. The number of nitrogens with two attached hydrogens (primary N) is 2. The number of ether oxygens (including phenoxy) is 1. The second-order valence-electron chi connectivity index (χ2n) is 9.67. The zero-order valence-corrected chi connectivity index (χ0v) is 23.2. The van der Waals surface area contributed by atoms with Crippen molar-refractivity contribution >= 4 is 34.8 Å². The van der Waals surface area contributed by atoms with Crippen LogP contribution >= 0.6 is 0 Å². The molecule has 1 aromatic carbocycles. The smallest absolute Gasteiger partial charge is 0.430 e. The summed E-state index contributed by atoms with van der Waals surface area (Å²) in [6.07, 6.45) is -6.07. The second kappa shape index (κ2) is 15.2. The van der Waals surface area contributed by atoms with E-state index in [0.717, 1.165) is 0 Å². The molecule has 1 amide bonds. The molecule has 0 spiro atoms. The number of aliphatic hydroxyl groups excluding tert-OH is 2. The first-order valence-electron chi connectivity index (χ1n) is 12.8. The monoisotopic (exact) mass is 641 g/mol. The lowest BCUT2D eigenvalue weighted by Crippen LogP contribution is -2.64. The highest BCUT2D eigenvalue weighted by Crippen LogP contribution is 2.35. The third kappa shape index (κ3) is 9.31. The maximum absolute atomic E-state index is 11.5. The summed E-state index contributed by atoms with van der Waals surface area (Å²) >= 11 is 0. The fourth-order valence-corrected chi connectivity index (χ4v) is 4.20. The van der Waals surface area contributed by atoms with Crippen LogP contribution in [0.15, 0.2) is 36.9 Å². The van der Waals surface area contributed by atoms with Gasteiger partial charge in [-0.2, -0.15) is 13.2 Å². The summed E-state index contributed by atoms with van der Waals surface area (Å²) in [6, 6.07) is 5.68. The Morgan fingerprint density at radius 2 is 1.82 bits per heavy atom. The number of anilines is 1. The van der Waals surface area contributed by atoms with E-state index in [4.69, 9.17) is 26.1 Å². The van der Waals surface area contributed by atoms with Crippen molar-refractivity contribution in [3.63, 3.8) is 0 Å². The number of fused-ring (bicyclic) bond motifs is 1. The van der Waals surface area contributed by atoms with E-state index in [1.165, 1.54) is 17.2 Å². The number of amides is 1. The Balaban J connectivity index is 0.000000791. The summed E-state index contributed by atoms with van der Waals surface area (Å²) in [4.78, 5) is 43.8. The predicted octanol–water partition coefficient (Wildman–Crippen LogP) is -2.87. The highest BCUT2D eigenvalue weighted by molar-refractivity contribution is 5.93. The largest absolute Gasteiger partial charge is 0.542 e. The number of carbonyl (C=O) groups is 3. The summed E-state index contributed by atoms with van der Waals surface area (Å²) in [7, 11) is 0. The van der Waals surface area contributed by atoms with Crippen molar-refractivity contribution in [2.75, 3.05) is 5.73 Å². The van der Waals surface area contributed by atoms with E-state index in [2.05, 4.69) is 32.5 Å². The highest BCUT2D eigenvalue weighted by Gasteiger charge is 2.45. The number of nitrogen functional groups attached to an aromatic ring is 1. The van der Waals surface area contributed by atoms with Crippen molar-refractivity contribution < 1.29 is 63.9 Å². The van der Waals surface area contributed by atoms with Crippen molar-refractivity contribution in [3.8, 4) is 11.8 Å². The number of halogens is 3. The topological polar surface area (TPSA) is 299 Å². The number of quaternary nitrogens is 1. The molecule has 19 heteroatoms. The maximum Gasteiger partial charge on any atom is 0.430 e. The third-order valence-electron chi connectivity index (χ3n) is 6.53. The summed E-state index contributed by atoms with van der Waals surface area (Å²) < 4.78 is 39.1. The lowest BCUT2D eigenvalue weighted by molar-refractivity contribution is -0.409. The van der Waals surface area contributed by atoms with Gasteiger partial charge in [-0.05, 0) is 31.0 Å². The van der Waals surface area contributed by atoms with Crippen LogP contribution in [0.1, 0.15) is 41.4 Å². The standard InChI is InChI=1S/C24H27N7O6.C2HF3O2.H2O/c25-15(24(35)36)7-6-13(5-4-12-2-1-3-14(8-12)21(27)34)9-16-18(32)19(33)23(37-16)31-11-30-17-20(26)28-10-29-22(17)31;3-2(4,5)1(6)7;/h1-3,8,10-11,13,15-16,18-19,23,32-33H,6-7,9,25H2,(H2,27,34)(H,35,36)(H2,26,28,29);(H,6,7);1H2/t13-,15-,16+,18+,19+,23+;;/m0../s1. The Kier molecular flexibility index (Phi) is 12.3. The molecule has 12 N–H and O–H groups in total. The van der Waals surface area contributed by atoms with Crippen molar-refractivity contribution in [1.29, 1.82) is 0 Å². The normalized spacial score (nSPS) is 20.5. The van der Waals surface area contributed by atoms with E-state index >= 15 is 0 Å². The molecule has 244 valence electrons. The molecular formula is C26H30F3N7O9. The number of primary amides is 1. The van der Waals surface area contributed by atoms with E-state index < -0.39 is 60.5 Å². The number of benzene rings is 1. The van der Waals surface area contributed by atoms with E-state index in [9.17, 15) is 38.1 Å². The van der Waals surface area contributed by atoms with Gasteiger partial charge in [0.1, 0.15) is 30.0 Å². The van der Waals surface area contributed by atoms with Crippen LogP contribution < -0.4 is 22.3 Å². The van der Waals surface area contributed by atoms with Gasteiger partial charge in [-0.3, -0.25) is 9.36 Å². The third-order valence-corrected chi connectivity index (χ3v) is 6.53. The minimum absolute atomic E-state index is 0. The van der Waals surface area contributed by atoms with Gasteiger partial charge in [0.15, 0.2) is 23.7 Å². The Labute approximate surface area is 251 Å². The number of carboxylic acid groups (broad SMARTS) is 2. The first-order chi connectivity index (χ1) is 20.6. The number of rotatable bonds is 8. The highest BCUT2D eigenvalue weighted by atomic mass is 19.4. The molecule has 0 saturated carbocycles. The van der Waals surface area contributed by atoms with Crippen molar-refractivity contribution in [2.24, 2.45) is 11.7 Å². The summed E-state index contributed by atoms with van der Waals surface area (Å²) in [5, 5.41) is 39.5. The first-order valence-corrected chi connectivity index (χ1v) is 12.8. The number of hydrogen-bond donors (Lipinski definition) is 6. The van der Waals surface area contributed by atoms with Crippen LogP contribution in [0.2, 0.25) is 0 Å². The molecule has 16 nitrogen and oxygen atoms in total. The van der Waals surface area contributed by atoms with Gasteiger partial charge in [0.2, 0.25) is 5.91 Å². The van der Waals surface area contributed by atoms with Gasteiger partial charge in [-0.1, -0.05) is 17.9 Å². The van der Waals surface area contributed by atoms with Crippen LogP contribution in [0.25, 0.3) is 11.2 Å². The first kappa shape index (κ1) is 36.3. The quantitative estimate of drug-likeness (QED) is 0.135. The lowest BCUT2D eigenvalue weighted by atomic mass is 9.92. The SMILES string of the molecule is NC(=O)c1cccc(C#C[C@@H](CC[C@H]([NH3+])C(=O)O)C[C@H]2O[C@@H](n3cnc4c(N)ncnc43)[C@H](O)[C@@H]2O)c1.O.O=C([O-])C(F)(F)F. The number of aliphatic carboxylic acids is 2. The van der Waals surface area contributed by atoms with E-state index in [1.54, 1.807) is 24.3 Å². The molecule has 0 radical (unpaired) electrons. The molecule has 1 saturated heterocycles. The van der Waals surface area contributed by atoms with E-state index in [0.29, 0.717) is 28.7 Å². The maximum atomic E-state index is 11.5. The number of alkyl halides is 3. The molecule has 3 heterocycles. The van der Waals surface area contributed by atoms with Gasteiger partial charge in [-0.15, -0.1) is 0 Å². The molecule has 45 heavy (non-hydrogen) atoms. The predicted molar refractivity (Wildman–Crippen MR) is 144 cm³/mol. The number of aliphatic hydroxyl groups is 2. The summed E-state index contributed by atoms with van der Waals surface area (Å²) in [5.41, 5.74) is 16.4. The van der Waals surface area contributed by atoms with Crippen molar-refractivity contribution in [3.05, 3.63) is 48.0 Å². The Hall–Kier alpha value is -4.87. The zero-order valence-electron chi connectivity index (χ0n) is 23.2. The number of imidazole rings is 1. The molecule has 2 aromatic heterocycles. The van der Waals surface area contributed by atoms with E-state index in [-0.39, 0.29) is 24.1 Å². The number of hydrogen-bond acceptors (Lipinski definition) is 11. The molecule has 1 aliphatic heterocycles. The molecule has 1 aliphatic rings. The molecular weight excluding hydrogens is 611 g/mol. The van der Waals surface area contributed by atoms with Gasteiger partial charge in [0.05, 0.1) is 12.4 Å². The van der Waals surface area contributed by atoms with Crippen LogP contribution in [-0.4, -0.2) is 88.7 Å². The summed E-state index contributed by atoms with van der Waals surface area (Å²) in [5.74, 6) is 1.23. The molecule has 0 bridgehead atoms. The Morgan fingerprint density at radius 1 is 1.16 bits per heavy atom. The number of carboxylic acids is 2. The second-order valence-corrected chi connectivity index (χ2v) is 9.67. The molecule has 1 fully saturated rings. The van der Waals surface area contributed by atoms with Gasteiger partial charge in [0.25, 0.3) is 0 Å². The molecule has 3 aromatic rings. The van der Waals surface area contributed by atoms with Crippen LogP contribution in [0.5, 0.6) is 0 Å². The van der Waals surface area contributed by atoms with Crippen molar-refractivity contribution in [1.82, 2.24) is 19.5 Å². The van der Waals surface area contributed by atoms with Gasteiger partial charge < -0.3 is 52.6 Å². The minimum Gasteiger partial charge on any atom is -0.542 e. The Bertz CT molecular complexity index is 1570. The number of carbonyl (C=O) groups excluding carboxylic acids is 2. The van der Waals surface area contributed by atoms with E-state index in [1.807, 2.05) is 0 Å². The van der Waals surface area contributed by atoms with Crippen LogP contribution in [0, 0.1) is 17.8 Å². The van der Waals surface area contributed by atoms with Crippen LogP contribution in [0.4, 0.5) is 19.0 Å². The van der Waals surface area contributed by atoms with Crippen molar-refractivity contribution in [2.45, 2.75) is 56.0 Å². The van der Waals surface area contributed by atoms with Crippen LogP contribution in [0.3, 0.4) is 0 Å². The molecule has 0 aliphatic carbocycles. The van der Waals surface area contributed by atoms with Gasteiger partial charge in [0, 0.05) is 23.5 Å². The fourth-order valence-electron chi connectivity index (χ4n) is 4.20. The Morgan fingerprint density at radius 3 is 2.42 bits per heavy atom. The van der Waals surface area contributed by atoms with Gasteiger partial charge in [-0.25, -0.2) is 19.7 Å². The average molecular weight is 642 g/mol. The minimum atomic E-state index is -5.19. The van der Waals surface area contributed by atoms with Crippen LogP contribution in [-0.2, 0) is 14.3 Å². The molecule has 0 unspecified atom stereocenters. The molecule has 6 atom stereocenters. The number of aromatic nitrogens is 4. The lowest BCUT2D eigenvalue weighted by Gasteiger charge is -2.19.